The van der Waals surface area contributed by atoms with E-state index in [1.807, 2.05) is 30.3 Å². The SMILES string of the molecule is N#C/C(=C\c1ccc(OCc2ccc(C(=O)O)cc2)c(Cl)c1)c1ccc(Br)cc1. The highest BCUT2D eigenvalue weighted by atomic mass is 79.9. The largest absolute Gasteiger partial charge is 0.487 e. The molecule has 0 heterocycles. The Kier molecular flexibility index (Phi) is 6.71. The lowest BCUT2D eigenvalue weighted by molar-refractivity contribution is 0.0697. The van der Waals surface area contributed by atoms with Crippen LogP contribution in [-0.4, -0.2) is 11.1 Å². The van der Waals surface area contributed by atoms with Gasteiger partial charge in [0.2, 0.25) is 0 Å². The highest BCUT2D eigenvalue weighted by molar-refractivity contribution is 9.10. The smallest absolute Gasteiger partial charge is 0.335 e. The molecule has 3 rings (SSSR count). The van der Waals surface area contributed by atoms with Crippen LogP contribution in [0.1, 0.15) is 27.0 Å². The van der Waals surface area contributed by atoms with Crippen LogP contribution in [0.3, 0.4) is 0 Å². The van der Waals surface area contributed by atoms with Crippen molar-refractivity contribution >= 4 is 45.1 Å². The lowest BCUT2D eigenvalue weighted by Gasteiger charge is -2.09. The minimum atomic E-state index is -0.968. The van der Waals surface area contributed by atoms with Gasteiger partial charge in [0.1, 0.15) is 12.4 Å². The second kappa shape index (κ2) is 9.42. The number of rotatable bonds is 6. The van der Waals surface area contributed by atoms with Gasteiger partial charge in [0.25, 0.3) is 0 Å². The standard InChI is InChI=1S/C23H15BrClNO3/c24-20-8-6-17(7-9-20)19(13-26)11-16-3-10-22(21(25)12-16)29-14-15-1-4-18(5-2-15)23(27)28/h1-12H,14H2,(H,27,28)/b19-11+. The van der Waals surface area contributed by atoms with Crippen LogP contribution in [0, 0.1) is 11.3 Å². The molecule has 0 saturated heterocycles. The van der Waals surface area contributed by atoms with Gasteiger partial charge in [-0.1, -0.05) is 57.9 Å². The summed E-state index contributed by atoms with van der Waals surface area (Å²) < 4.78 is 6.68. The molecule has 0 aliphatic carbocycles. The predicted octanol–water partition coefficient (Wildman–Crippen LogP) is 6.44. The van der Waals surface area contributed by atoms with Crippen LogP contribution < -0.4 is 4.74 Å². The molecule has 0 spiro atoms. The molecule has 0 saturated carbocycles. The van der Waals surface area contributed by atoms with Gasteiger partial charge in [0.05, 0.1) is 22.2 Å². The van der Waals surface area contributed by atoms with Crippen LogP contribution in [0.5, 0.6) is 5.75 Å². The third-order valence-electron chi connectivity index (χ3n) is 4.14. The maximum Gasteiger partial charge on any atom is 0.335 e. The van der Waals surface area contributed by atoms with Gasteiger partial charge in [0.15, 0.2) is 0 Å². The maximum absolute atomic E-state index is 10.9. The van der Waals surface area contributed by atoms with E-state index in [9.17, 15) is 10.1 Å². The molecule has 0 aliphatic rings. The van der Waals surface area contributed by atoms with Crippen molar-refractivity contribution in [3.05, 3.63) is 98.5 Å². The number of carbonyl (C=O) groups is 1. The first kappa shape index (κ1) is 20.7. The molecular weight excluding hydrogens is 454 g/mol. The van der Waals surface area contributed by atoms with Gasteiger partial charge in [-0.25, -0.2) is 4.79 Å². The lowest BCUT2D eigenvalue weighted by Crippen LogP contribution is -1.99. The summed E-state index contributed by atoms with van der Waals surface area (Å²) in [6.45, 7) is 0.261. The molecule has 3 aromatic carbocycles. The van der Waals surface area contributed by atoms with E-state index < -0.39 is 5.97 Å². The summed E-state index contributed by atoms with van der Waals surface area (Å²) in [5.74, 6) is -0.461. The number of aromatic carboxylic acids is 1. The van der Waals surface area contributed by atoms with Gasteiger partial charge in [-0.3, -0.25) is 0 Å². The molecule has 0 amide bonds. The second-order valence-electron chi connectivity index (χ2n) is 6.16. The van der Waals surface area contributed by atoms with Gasteiger partial charge in [-0.2, -0.15) is 5.26 Å². The van der Waals surface area contributed by atoms with E-state index in [4.69, 9.17) is 21.4 Å². The van der Waals surface area contributed by atoms with Crippen molar-refractivity contribution in [2.24, 2.45) is 0 Å². The Balaban J connectivity index is 1.73. The molecule has 1 N–H and O–H groups in total. The molecule has 0 radical (unpaired) electrons. The number of carboxylic acids is 1. The van der Waals surface area contributed by atoms with E-state index in [0.29, 0.717) is 16.3 Å². The number of allylic oxidation sites excluding steroid dienone is 1. The Morgan fingerprint density at radius 2 is 1.72 bits per heavy atom. The minimum absolute atomic E-state index is 0.224. The summed E-state index contributed by atoms with van der Waals surface area (Å²) in [5, 5.41) is 18.8. The molecule has 29 heavy (non-hydrogen) atoms. The van der Waals surface area contributed by atoms with Crippen LogP contribution in [0.4, 0.5) is 0 Å². The van der Waals surface area contributed by atoms with E-state index in [1.54, 1.807) is 30.3 Å². The van der Waals surface area contributed by atoms with E-state index in [-0.39, 0.29) is 12.2 Å². The topological polar surface area (TPSA) is 70.3 Å². The summed E-state index contributed by atoms with van der Waals surface area (Å²) in [6.07, 6.45) is 1.77. The number of nitrogens with zero attached hydrogens (tertiary/aromatic N) is 1. The Bertz CT molecular complexity index is 1100. The summed E-state index contributed by atoms with van der Waals surface area (Å²) >= 11 is 9.72. The van der Waals surface area contributed by atoms with Crippen LogP contribution in [-0.2, 0) is 6.61 Å². The lowest BCUT2D eigenvalue weighted by atomic mass is 10.0. The van der Waals surface area contributed by atoms with Crippen molar-refractivity contribution in [1.29, 1.82) is 5.26 Å². The third kappa shape index (κ3) is 5.47. The number of nitriles is 1. The minimum Gasteiger partial charge on any atom is -0.487 e. The Morgan fingerprint density at radius 3 is 2.31 bits per heavy atom. The van der Waals surface area contributed by atoms with Crippen LogP contribution >= 0.6 is 27.5 Å². The van der Waals surface area contributed by atoms with E-state index in [2.05, 4.69) is 22.0 Å². The van der Waals surface area contributed by atoms with E-state index in [0.717, 1.165) is 21.2 Å². The average molecular weight is 469 g/mol. The van der Waals surface area contributed by atoms with E-state index in [1.165, 1.54) is 12.1 Å². The maximum atomic E-state index is 10.9. The summed E-state index contributed by atoms with van der Waals surface area (Å²) in [6, 6.07) is 21.5. The average Bonchev–Trinajstić information content (AvgIpc) is 2.72. The van der Waals surface area contributed by atoms with E-state index >= 15 is 0 Å². The molecule has 0 aromatic heterocycles. The second-order valence-corrected chi connectivity index (χ2v) is 7.48. The van der Waals surface area contributed by atoms with Crippen molar-refractivity contribution in [3.8, 4) is 11.8 Å². The number of ether oxygens (including phenoxy) is 1. The Hall–Kier alpha value is -3.07. The van der Waals surface area contributed by atoms with Crippen LogP contribution in [0.25, 0.3) is 11.6 Å². The number of halogens is 2. The predicted molar refractivity (Wildman–Crippen MR) is 117 cm³/mol. The highest BCUT2D eigenvalue weighted by Crippen LogP contribution is 2.28. The van der Waals surface area contributed by atoms with Gasteiger partial charge in [-0.05, 0) is 59.2 Å². The molecule has 3 aromatic rings. The number of hydrogen-bond donors (Lipinski definition) is 1. The zero-order valence-corrected chi connectivity index (χ0v) is 17.4. The van der Waals surface area contributed by atoms with Crippen molar-refractivity contribution in [3.63, 3.8) is 0 Å². The summed E-state index contributed by atoms with van der Waals surface area (Å²) in [7, 11) is 0. The molecule has 0 bridgehead atoms. The molecule has 144 valence electrons. The van der Waals surface area contributed by atoms with Gasteiger partial charge < -0.3 is 9.84 Å². The fourth-order valence-electron chi connectivity index (χ4n) is 2.60. The monoisotopic (exact) mass is 467 g/mol. The zero-order valence-electron chi connectivity index (χ0n) is 15.1. The fraction of sp³-hybridized carbons (Fsp3) is 0.0435. The van der Waals surface area contributed by atoms with Crippen molar-refractivity contribution in [2.45, 2.75) is 6.61 Å². The summed E-state index contributed by atoms with van der Waals surface area (Å²) in [5.41, 5.74) is 3.18. The summed E-state index contributed by atoms with van der Waals surface area (Å²) in [4.78, 5) is 10.9. The Labute approximate surface area is 181 Å². The number of carboxylic acid groups (broad SMARTS) is 1. The van der Waals surface area contributed by atoms with Crippen molar-refractivity contribution in [1.82, 2.24) is 0 Å². The Morgan fingerprint density at radius 1 is 1.07 bits per heavy atom. The molecule has 0 fully saturated rings. The highest BCUT2D eigenvalue weighted by Gasteiger charge is 2.07. The normalized spacial score (nSPS) is 11.0. The van der Waals surface area contributed by atoms with Gasteiger partial charge in [-0.15, -0.1) is 0 Å². The fourth-order valence-corrected chi connectivity index (χ4v) is 3.11. The van der Waals surface area contributed by atoms with Gasteiger partial charge >= 0.3 is 5.97 Å². The molecule has 4 nitrogen and oxygen atoms in total. The van der Waals surface area contributed by atoms with Crippen molar-refractivity contribution < 1.29 is 14.6 Å². The third-order valence-corrected chi connectivity index (χ3v) is 4.96. The van der Waals surface area contributed by atoms with Crippen LogP contribution in [0.15, 0.2) is 71.2 Å². The molecule has 0 unspecified atom stereocenters. The first-order chi connectivity index (χ1) is 14.0. The quantitative estimate of drug-likeness (QED) is 0.334. The molecular formula is C23H15BrClNO3. The molecule has 0 atom stereocenters. The van der Waals surface area contributed by atoms with Crippen molar-refractivity contribution in [2.75, 3.05) is 0 Å². The zero-order chi connectivity index (χ0) is 20.8. The number of benzene rings is 3. The number of hydrogen-bond acceptors (Lipinski definition) is 3. The molecule has 0 aliphatic heterocycles. The first-order valence-electron chi connectivity index (χ1n) is 8.58. The first-order valence-corrected chi connectivity index (χ1v) is 9.75. The molecule has 6 heteroatoms. The van der Waals surface area contributed by atoms with Crippen LogP contribution in [0.2, 0.25) is 5.02 Å². The van der Waals surface area contributed by atoms with Gasteiger partial charge in [0, 0.05) is 4.47 Å².